The summed E-state index contributed by atoms with van der Waals surface area (Å²) in [5, 5.41) is 15.5. The molecule has 164 valence electrons. The molecule has 1 amide bonds. The topological polar surface area (TPSA) is 71.2 Å². The number of amides is 1. The smallest absolute Gasteiger partial charge is 0.416 e. The molecule has 4 rings (SSSR count). The number of aromatic hydroxyl groups is 1. The predicted molar refractivity (Wildman–Crippen MR) is 109 cm³/mol. The average molecular weight is 432 g/mol. The number of nitrogens with zero attached hydrogens (tertiary/aromatic N) is 4. The molecule has 0 radical (unpaired) electrons. The standard InChI is InChI=1S/C22H23F3N4O2/c1-12(2)29-10-14(7-19(29)31)9-28-11-15-4-5-17(26-21(15)27-28)20-13(3)6-16(8-18(20)30)22(23,24)25/h4-6,8,11-12,14,30H,7,9-10H2,1-3H3. The minimum Gasteiger partial charge on any atom is -0.507 e. The Kier molecular flexibility index (Phi) is 5.15. The molecule has 31 heavy (non-hydrogen) atoms. The Morgan fingerprint density at radius 3 is 2.61 bits per heavy atom. The third kappa shape index (κ3) is 4.08. The normalized spacial score (nSPS) is 17.3. The number of phenols is 1. The van der Waals surface area contributed by atoms with Crippen LogP contribution in [0.2, 0.25) is 0 Å². The fourth-order valence-electron chi connectivity index (χ4n) is 4.14. The van der Waals surface area contributed by atoms with Crippen molar-refractivity contribution in [2.75, 3.05) is 6.54 Å². The fraction of sp³-hybridized carbons (Fsp3) is 0.409. The Labute approximate surface area is 177 Å². The second kappa shape index (κ2) is 7.55. The first-order valence-corrected chi connectivity index (χ1v) is 10.1. The molecule has 2 aromatic heterocycles. The molecule has 3 aromatic rings. The molecule has 0 saturated carbocycles. The Hall–Kier alpha value is -3.10. The van der Waals surface area contributed by atoms with Crippen LogP contribution in [-0.4, -0.2) is 43.3 Å². The molecule has 1 aromatic carbocycles. The van der Waals surface area contributed by atoms with Crippen molar-refractivity contribution in [3.63, 3.8) is 0 Å². The maximum Gasteiger partial charge on any atom is 0.416 e. The van der Waals surface area contributed by atoms with Crippen LogP contribution in [0.25, 0.3) is 22.3 Å². The molecule has 1 N–H and O–H groups in total. The van der Waals surface area contributed by atoms with Crippen molar-refractivity contribution in [3.05, 3.63) is 41.6 Å². The van der Waals surface area contributed by atoms with E-state index in [1.54, 1.807) is 16.8 Å². The monoisotopic (exact) mass is 432 g/mol. The van der Waals surface area contributed by atoms with Gasteiger partial charge in [0, 0.05) is 48.6 Å². The third-order valence-corrected chi connectivity index (χ3v) is 5.62. The Morgan fingerprint density at radius 2 is 2.00 bits per heavy atom. The van der Waals surface area contributed by atoms with E-state index >= 15 is 0 Å². The zero-order chi connectivity index (χ0) is 22.5. The van der Waals surface area contributed by atoms with Crippen molar-refractivity contribution in [1.29, 1.82) is 0 Å². The van der Waals surface area contributed by atoms with Crippen molar-refractivity contribution >= 4 is 16.9 Å². The van der Waals surface area contributed by atoms with Gasteiger partial charge < -0.3 is 10.0 Å². The van der Waals surface area contributed by atoms with Crippen LogP contribution in [0.5, 0.6) is 5.75 Å². The number of pyridine rings is 1. The first kappa shape index (κ1) is 21.1. The first-order chi connectivity index (χ1) is 14.5. The van der Waals surface area contributed by atoms with E-state index in [4.69, 9.17) is 0 Å². The van der Waals surface area contributed by atoms with Gasteiger partial charge in [0.15, 0.2) is 5.65 Å². The van der Waals surface area contributed by atoms with Gasteiger partial charge in [-0.2, -0.15) is 18.3 Å². The molecule has 0 spiro atoms. The summed E-state index contributed by atoms with van der Waals surface area (Å²) in [6.07, 6.45) is -2.22. The number of aromatic nitrogens is 3. The number of hydrogen-bond donors (Lipinski definition) is 1. The fourth-order valence-corrected chi connectivity index (χ4v) is 4.14. The van der Waals surface area contributed by atoms with Crippen LogP contribution in [0.15, 0.2) is 30.5 Å². The van der Waals surface area contributed by atoms with Crippen molar-refractivity contribution in [3.8, 4) is 17.0 Å². The summed E-state index contributed by atoms with van der Waals surface area (Å²) >= 11 is 0. The molecule has 6 nitrogen and oxygen atoms in total. The first-order valence-electron chi connectivity index (χ1n) is 10.1. The summed E-state index contributed by atoms with van der Waals surface area (Å²) < 4.78 is 40.7. The van der Waals surface area contributed by atoms with Crippen LogP contribution in [0.3, 0.4) is 0 Å². The summed E-state index contributed by atoms with van der Waals surface area (Å²) in [5.74, 6) is -0.174. The summed E-state index contributed by atoms with van der Waals surface area (Å²) in [5.41, 5.74) is 0.401. The number of aryl methyl sites for hydroxylation is 1. The number of alkyl halides is 3. The van der Waals surface area contributed by atoms with Crippen LogP contribution >= 0.6 is 0 Å². The minimum absolute atomic E-state index is 0.144. The molecule has 1 aliphatic rings. The molecule has 0 bridgehead atoms. The number of likely N-dealkylation sites (tertiary alicyclic amines) is 1. The van der Waals surface area contributed by atoms with E-state index in [1.807, 2.05) is 24.9 Å². The van der Waals surface area contributed by atoms with Gasteiger partial charge in [-0.1, -0.05) is 0 Å². The highest BCUT2D eigenvalue weighted by atomic mass is 19.4. The molecule has 1 fully saturated rings. The van der Waals surface area contributed by atoms with E-state index in [-0.39, 0.29) is 29.0 Å². The van der Waals surface area contributed by atoms with Gasteiger partial charge in [-0.05, 0) is 50.6 Å². The minimum atomic E-state index is -4.54. The van der Waals surface area contributed by atoms with Gasteiger partial charge in [0.2, 0.25) is 5.91 Å². The zero-order valence-electron chi connectivity index (χ0n) is 17.4. The van der Waals surface area contributed by atoms with Crippen LogP contribution < -0.4 is 0 Å². The highest BCUT2D eigenvalue weighted by Crippen LogP contribution is 2.38. The second-order valence-electron chi connectivity index (χ2n) is 8.36. The van der Waals surface area contributed by atoms with Gasteiger partial charge >= 0.3 is 6.18 Å². The van der Waals surface area contributed by atoms with Crippen LogP contribution in [0, 0.1) is 12.8 Å². The highest BCUT2D eigenvalue weighted by molar-refractivity contribution is 5.81. The maximum atomic E-state index is 13.0. The summed E-state index contributed by atoms with van der Waals surface area (Å²) in [6, 6.07) is 5.31. The van der Waals surface area contributed by atoms with E-state index in [9.17, 15) is 23.1 Å². The molecule has 1 aliphatic heterocycles. The lowest BCUT2D eigenvalue weighted by atomic mass is 10.00. The molecule has 1 saturated heterocycles. The lowest BCUT2D eigenvalue weighted by Crippen LogP contribution is -2.32. The number of rotatable bonds is 4. The predicted octanol–water partition coefficient (Wildman–Crippen LogP) is 4.39. The number of hydrogen-bond acceptors (Lipinski definition) is 4. The van der Waals surface area contributed by atoms with Gasteiger partial charge in [-0.25, -0.2) is 4.98 Å². The number of phenolic OH excluding ortho intramolecular Hbond substituents is 1. The van der Waals surface area contributed by atoms with E-state index in [2.05, 4.69) is 10.1 Å². The SMILES string of the molecule is Cc1cc(C(F)(F)F)cc(O)c1-c1ccc2cn(CC3CC(=O)N(C(C)C)C3)nc2n1. The average Bonchev–Trinajstić information content (AvgIpc) is 3.22. The third-order valence-electron chi connectivity index (χ3n) is 5.62. The quantitative estimate of drug-likeness (QED) is 0.664. The van der Waals surface area contributed by atoms with Crippen molar-refractivity contribution in [2.45, 2.75) is 46.0 Å². The number of fused-ring (bicyclic) bond motifs is 1. The lowest BCUT2D eigenvalue weighted by molar-refractivity contribution is -0.137. The van der Waals surface area contributed by atoms with Crippen molar-refractivity contribution in [1.82, 2.24) is 19.7 Å². The maximum absolute atomic E-state index is 13.0. The van der Waals surface area contributed by atoms with Crippen LogP contribution in [0.4, 0.5) is 13.2 Å². The van der Waals surface area contributed by atoms with E-state index in [1.165, 1.54) is 6.92 Å². The molecular formula is C22H23F3N4O2. The van der Waals surface area contributed by atoms with Gasteiger partial charge in [0.25, 0.3) is 0 Å². The summed E-state index contributed by atoms with van der Waals surface area (Å²) in [6.45, 7) is 6.75. The molecule has 3 heterocycles. The Morgan fingerprint density at radius 1 is 1.26 bits per heavy atom. The summed E-state index contributed by atoms with van der Waals surface area (Å²) in [4.78, 5) is 18.5. The Bertz CT molecular complexity index is 1130. The number of carbonyl (C=O) groups excluding carboxylic acids is 1. The van der Waals surface area contributed by atoms with Gasteiger partial charge in [-0.3, -0.25) is 9.48 Å². The van der Waals surface area contributed by atoms with Crippen LogP contribution in [-0.2, 0) is 17.5 Å². The molecule has 0 aliphatic carbocycles. The molecular weight excluding hydrogens is 409 g/mol. The van der Waals surface area contributed by atoms with Gasteiger partial charge in [0.1, 0.15) is 5.75 Å². The molecule has 9 heteroatoms. The Balaban J connectivity index is 1.61. The number of carbonyl (C=O) groups is 1. The lowest BCUT2D eigenvalue weighted by Gasteiger charge is -2.20. The molecule has 1 unspecified atom stereocenters. The van der Waals surface area contributed by atoms with Crippen molar-refractivity contribution in [2.24, 2.45) is 5.92 Å². The highest BCUT2D eigenvalue weighted by Gasteiger charge is 2.33. The summed E-state index contributed by atoms with van der Waals surface area (Å²) in [7, 11) is 0. The van der Waals surface area contributed by atoms with E-state index in [0.717, 1.165) is 11.5 Å². The second-order valence-corrected chi connectivity index (χ2v) is 8.36. The van der Waals surface area contributed by atoms with E-state index in [0.29, 0.717) is 36.9 Å². The van der Waals surface area contributed by atoms with Gasteiger partial charge in [-0.15, -0.1) is 0 Å². The number of halogens is 3. The molecule has 1 atom stereocenters. The zero-order valence-corrected chi connectivity index (χ0v) is 17.4. The van der Waals surface area contributed by atoms with Crippen LogP contribution in [0.1, 0.15) is 31.4 Å². The van der Waals surface area contributed by atoms with Gasteiger partial charge in [0.05, 0.1) is 11.3 Å². The van der Waals surface area contributed by atoms with Crippen molar-refractivity contribution < 1.29 is 23.1 Å². The van der Waals surface area contributed by atoms with E-state index < -0.39 is 17.5 Å². The number of benzene rings is 1. The largest absolute Gasteiger partial charge is 0.507 e.